The van der Waals surface area contributed by atoms with Crippen LogP contribution in [0.5, 0.6) is 0 Å². The minimum absolute atomic E-state index is 0.0465. The molecule has 1 saturated carbocycles. The van der Waals surface area contributed by atoms with Crippen LogP contribution in [-0.2, 0) is 9.59 Å². The van der Waals surface area contributed by atoms with Crippen LogP contribution in [0.3, 0.4) is 0 Å². The molecule has 7 heteroatoms. The van der Waals surface area contributed by atoms with Crippen LogP contribution in [0.2, 0.25) is 0 Å². The smallest absolute Gasteiger partial charge is 0.315 e. The second-order valence-corrected chi connectivity index (χ2v) is 8.33. The summed E-state index contributed by atoms with van der Waals surface area (Å²) in [5, 5.41) is 15.3. The number of nitrogens with one attached hydrogen (secondary N) is 2. The highest BCUT2D eigenvalue weighted by molar-refractivity contribution is 5.79. The molecule has 0 aromatic carbocycles. The van der Waals surface area contributed by atoms with Crippen LogP contribution in [0.4, 0.5) is 4.79 Å². The largest absolute Gasteiger partial charge is 0.481 e. The molecule has 1 heterocycles. The number of amides is 3. The van der Waals surface area contributed by atoms with Gasteiger partial charge in [0.1, 0.15) is 0 Å². The predicted octanol–water partition coefficient (Wildman–Crippen LogP) is 2.89. The molecule has 0 radical (unpaired) electrons. The van der Waals surface area contributed by atoms with Crippen molar-refractivity contribution in [2.75, 3.05) is 19.6 Å². The van der Waals surface area contributed by atoms with Gasteiger partial charge in [0.2, 0.25) is 5.91 Å². The van der Waals surface area contributed by atoms with Crippen LogP contribution in [0, 0.1) is 5.41 Å². The summed E-state index contributed by atoms with van der Waals surface area (Å²) in [6.45, 7) is 3.31. The Labute approximate surface area is 162 Å². The number of nitrogens with zero attached hydrogens (tertiary/aromatic N) is 1. The summed E-state index contributed by atoms with van der Waals surface area (Å²) in [7, 11) is 0. The van der Waals surface area contributed by atoms with Crippen LogP contribution in [-0.4, -0.2) is 53.6 Å². The van der Waals surface area contributed by atoms with Gasteiger partial charge in [0.15, 0.2) is 0 Å². The average Bonchev–Trinajstić information content (AvgIpc) is 2.65. The zero-order valence-corrected chi connectivity index (χ0v) is 16.6. The molecule has 1 unspecified atom stereocenters. The molecule has 0 aromatic heterocycles. The highest BCUT2D eigenvalue weighted by Gasteiger charge is 2.39. The SMILES string of the molecule is CC1(C(=O)O)CCCN(C(=O)CCCCCNC(=O)NC2CCCCC2)C1. The lowest BCUT2D eigenvalue weighted by Gasteiger charge is -2.37. The van der Waals surface area contributed by atoms with E-state index in [1.807, 2.05) is 0 Å². The highest BCUT2D eigenvalue weighted by Crippen LogP contribution is 2.30. The lowest BCUT2D eigenvalue weighted by molar-refractivity contribution is -0.153. The minimum Gasteiger partial charge on any atom is -0.481 e. The van der Waals surface area contributed by atoms with Gasteiger partial charge in [-0.2, -0.15) is 0 Å². The summed E-state index contributed by atoms with van der Waals surface area (Å²) < 4.78 is 0. The number of carbonyl (C=O) groups is 3. The molecule has 0 aromatic rings. The fourth-order valence-electron chi connectivity index (χ4n) is 4.05. The summed E-state index contributed by atoms with van der Waals surface area (Å²) in [5.74, 6) is -0.775. The summed E-state index contributed by atoms with van der Waals surface area (Å²) in [6.07, 6.45) is 10.1. The molecule has 1 saturated heterocycles. The van der Waals surface area contributed by atoms with Crippen LogP contribution in [0.15, 0.2) is 0 Å². The lowest BCUT2D eigenvalue weighted by atomic mass is 9.82. The monoisotopic (exact) mass is 381 g/mol. The van der Waals surface area contributed by atoms with Gasteiger partial charge in [-0.25, -0.2) is 4.79 Å². The number of unbranched alkanes of at least 4 members (excludes halogenated alkanes) is 2. The number of piperidine rings is 1. The van der Waals surface area contributed by atoms with E-state index in [4.69, 9.17) is 0 Å². The van der Waals surface area contributed by atoms with Crippen molar-refractivity contribution >= 4 is 17.9 Å². The second kappa shape index (κ2) is 10.5. The maximum absolute atomic E-state index is 12.3. The third-order valence-electron chi connectivity index (χ3n) is 5.86. The number of aliphatic carboxylic acids is 1. The minimum atomic E-state index is -0.822. The van der Waals surface area contributed by atoms with Crippen LogP contribution in [0.1, 0.15) is 77.6 Å². The Balaban J connectivity index is 1.54. The van der Waals surface area contributed by atoms with Gasteiger partial charge in [-0.1, -0.05) is 25.7 Å². The quantitative estimate of drug-likeness (QED) is 0.563. The normalized spacial score (nSPS) is 23.7. The number of carbonyl (C=O) groups excluding carboxylic acids is 2. The molecular formula is C20H35N3O4. The third-order valence-corrected chi connectivity index (χ3v) is 5.86. The first-order valence-corrected chi connectivity index (χ1v) is 10.5. The molecule has 2 aliphatic rings. The number of carboxylic acids is 1. The van der Waals surface area contributed by atoms with Gasteiger partial charge < -0.3 is 20.6 Å². The Morgan fingerprint density at radius 1 is 1.07 bits per heavy atom. The number of hydrogen-bond donors (Lipinski definition) is 3. The third kappa shape index (κ3) is 7.03. The Bertz CT molecular complexity index is 519. The van der Waals surface area contributed by atoms with Gasteiger partial charge in [0, 0.05) is 32.1 Å². The number of likely N-dealkylation sites (tertiary alicyclic amines) is 1. The molecule has 2 rings (SSSR count). The van der Waals surface area contributed by atoms with Crippen molar-refractivity contribution in [3.05, 3.63) is 0 Å². The highest BCUT2D eigenvalue weighted by atomic mass is 16.4. The van der Waals surface area contributed by atoms with Gasteiger partial charge >= 0.3 is 12.0 Å². The zero-order chi connectivity index (χ0) is 19.7. The van der Waals surface area contributed by atoms with E-state index in [1.54, 1.807) is 11.8 Å². The predicted molar refractivity (Wildman–Crippen MR) is 103 cm³/mol. The standard InChI is InChI=1S/C20H35N3O4/c1-20(18(25)26)12-8-14-23(15-20)17(24)11-6-3-7-13-21-19(27)22-16-9-4-2-5-10-16/h16H,2-15H2,1H3,(H,25,26)(H2,21,22,27). The Morgan fingerprint density at radius 3 is 2.52 bits per heavy atom. The molecular weight excluding hydrogens is 346 g/mol. The Morgan fingerprint density at radius 2 is 1.81 bits per heavy atom. The Kier molecular flexibility index (Phi) is 8.38. The molecule has 2 fully saturated rings. The van der Waals surface area contributed by atoms with Crippen molar-refractivity contribution in [1.82, 2.24) is 15.5 Å². The van der Waals surface area contributed by atoms with Crippen molar-refractivity contribution < 1.29 is 19.5 Å². The molecule has 7 nitrogen and oxygen atoms in total. The van der Waals surface area contributed by atoms with Gasteiger partial charge in [0.25, 0.3) is 0 Å². The molecule has 27 heavy (non-hydrogen) atoms. The van der Waals surface area contributed by atoms with Crippen molar-refractivity contribution in [2.45, 2.75) is 83.6 Å². The molecule has 0 bridgehead atoms. The van der Waals surface area contributed by atoms with Gasteiger partial charge in [-0.3, -0.25) is 9.59 Å². The Hall–Kier alpha value is -1.79. The number of rotatable bonds is 8. The van der Waals surface area contributed by atoms with E-state index in [1.165, 1.54) is 19.3 Å². The van der Waals surface area contributed by atoms with Gasteiger partial charge in [-0.15, -0.1) is 0 Å². The van der Waals surface area contributed by atoms with Gasteiger partial charge in [-0.05, 0) is 45.4 Å². The fourth-order valence-corrected chi connectivity index (χ4v) is 4.05. The van der Waals surface area contributed by atoms with Crippen molar-refractivity contribution in [3.8, 4) is 0 Å². The van der Waals surface area contributed by atoms with E-state index in [0.29, 0.717) is 38.5 Å². The first kappa shape index (κ1) is 21.5. The number of carboxylic acid groups (broad SMARTS) is 1. The molecule has 1 aliphatic heterocycles. The van der Waals surface area contributed by atoms with E-state index in [2.05, 4.69) is 10.6 Å². The zero-order valence-electron chi connectivity index (χ0n) is 16.6. The summed E-state index contributed by atoms with van der Waals surface area (Å²) in [5.41, 5.74) is -0.816. The molecule has 154 valence electrons. The van der Waals surface area contributed by atoms with E-state index < -0.39 is 11.4 Å². The number of urea groups is 1. The molecule has 1 aliphatic carbocycles. The first-order chi connectivity index (χ1) is 12.9. The van der Waals surface area contributed by atoms with Crippen LogP contribution in [0.25, 0.3) is 0 Å². The molecule has 0 spiro atoms. The average molecular weight is 382 g/mol. The number of hydrogen-bond acceptors (Lipinski definition) is 3. The maximum Gasteiger partial charge on any atom is 0.315 e. The van der Waals surface area contributed by atoms with E-state index >= 15 is 0 Å². The molecule has 3 amide bonds. The van der Waals surface area contributed by atoms with Crippen LogP contribution < -0.4 is 10.6 Å². The van der Waals surface area contributed by atoms with Crippen molar-refractivity contribution in [2.24, 2.45) is 5.41 Å². The van der Waals surface area contributed by atoms with Crippen molar-refractivity contribution in [3.63, 3.8) is 0 Å². The van der Waals surface area contributed by atoms with E-state index in [9.17, 15) is 19.5 Å². The van der Waals surface area contributed by atoms with Crippen molar-refractivity contribution in [1.29, 1.82) is 0 Å². The van der Waals surface area contributed by atoms with E-state index in [0.717, 1.165) is 38.5 Å². The molecule has 3 N–H and O–H groups in total. The fraction of sp³-hybridized carbons (Fsp3) is 0.850. The maximum atomic E-state index is 12.3. The van der Waals surface area contributed by atoms with E-state index in [-0.39, 0.29) is 11.9 Å². The summed E-state index contributed by atoms with van der Waals surface area (Å²) in [4.78, 5) is 37.2. The van der Waals surface area contributed by atoms with Gasteiger partial charge in [0.05, 0.1) is 5.41 Å². The first-order valence-electron chi connectivity index (χ1n) is 10.5. The van der Waals surface area contributed by atoms with Crippen LogP contribution >= 0.6 is 0 Å². The summed E-state index contributed by atoms with van der Waals surface area (Å²) in [6, 6.07) is 0.233. The molecule has 1 atom stereocenters. The topological polar surface area (TPSA) is 98.7 Å². The second-order valence-electron chi connectivity index (χ2n) is 8.33. The lowest BCUT2D eigenvalue weighted by Crippen LogP contribution is -2.48. The summed E-state index contributed by atoms with van der Waals surface area (Å²) >= 11 is 0.